The van der Waals surface area contributed by atoms with E-state index in [9.17, 15) is 9.18 Å². The molecular weight excluding hydrogens is 411 g/mol. The van der Waals surface area contributed by atoms with Crippen molar-refractivity contribution in [2.45, 2.75) is 38.4 Å². The van der Waals surface area contributed by atoms with Gasteiger partial charge in [-0.3, -0.25) is 4.79 Å². The van der Waals surface area contributed by atoms with Gasteiger partial charge in [0, 0.05) is 17.8 Å². The van der Waals surface area contributed by atoms with Crippen molar-refractivity contribution in [2.75, 3.05) is 11.1 Å². The van der Waals surface area contributed by atoms with E-state index in [4.69, 9.17) is 11.6 Å². The molecule has 8 heteroatoms. The Balaban J connectivity index is 1.68. The van der Waals surface area contributed by atoms with Crippen LogP contribution in [0.5, 0.6) is 0 Å². The summed E-state index contributed by atoms with van der Waals surface area (Å²) in [5.41, 5.74) is 2.70. The standard InChI is InChI=1S/C21H22ClFN4OS/c1-4-27-20(15-7-5-14(6-8-15)13(2)3)25-26-21(27)29-12-19(28)24-16-9-10-18(23)17(22)11-16/h5-11,13H,4,12H2,1-3H3,(H,24,28). The van der Waals surface area contributed by atoms with E-state index >= 15 is 0 Å². The SMILES string of the molecule is CCn1c(SCC(=O)Nc2ccc(F)c(Cl)c2)nnc1-c1ccc(C(C)C)cc1. The number of rotatable bonds is 7. The van der Waals surface area contributed by atoms with Gasteiger partial charge in [0.1, 0.15) is 5.82 Å². The summed E-state index contributed by atoms with van der Waals surface area (Å²) in [6.07, 6.45) is 0. The predicted octanol–water partition coefficient (Wildman–Crippen LogP) is 5.61. The molecule has 0 aliphatic heterocycles. The number of anilines is 1. The predicted molar refractivity (Wildman–Crippen MR) is 116 cm³/mol. The first-order valence-electron chi connectivity index (χ1n) is 9.30. The third kappa shape index (κ3) is 5.16. The molecule has 3 rings (SSSR count). The normalized spacial score (nSPS) is 11.1. The van der Waals surface area contributed by atoms with Crippen LogP contribution in [0, 0.1) is 5.82 Å². The van der Waals surface area contributed by atoms with Crippen molar-refractivity contribution in [3.63, 3.8) is 0 Å². The zero-order valence-electron chi connectivity index (χ0n) is 16.4. The second kappa shape index (κ2) is 9.41. The summed E-state index contributed by atoms with van der Waals surface area (Å²) in [4.78, 5) is 12.2. The highest BCUT2D eigenvalue weighted by Crippen LogP contribution is 2.26. The van der Waals surface area contributed by atoms with Gasteiger partial charge in [-0.05, 0) is 36.6 Å². The van der Waals surface area contributed by atoms with E-state index in [1.165, 1.54) is 35.5 Å². The Morgan fingerprint density at radius 1 is 1.21 bits per heavy atom. The quantitative estimate of drug-likeness (QED) is 0.493. The molecule has 0 fully saturated rings. The second-order valence-electron chi connectivity index (χ2n) is 6.79. The number of aromatic nitrogens is 3. The fourth-order valence-corrected chi connectivity index (χ4v) is 3.80. The van der Waals surface area contributed by atoms with Gasteiger partial charge in [0.2, 0.25) is 5.91 Å². The number of nitrogens with one attached hydrogen (secondary N) is 1. The minimum absolute atomic E-state index is 0.0330. The van der Waals surface area contributed by atoms with E-state index in [-0.39, 0.29) is 16.7 Å². The summed E-state index contributed by atoms with van der Waals surface area (Å²) in [5.74, 6) is 0.638. The number of carbonyl (C=O) groups is 1. The third-order valence-electron chi connectivity index (χ3n) is 4.40. The third-order valence-corrected chi connectivity index (χ3v) is 5.66. The van der Waals surface area contributed by atoms with Crippen molar-refractivity contribution in [1.29, 1.82) is 0 Å². The largest absolute Gasteiger partial charge is 0.325 e. The maximum Gasteiger partial charge on any atom is 0.234 e. The summed E-state index contributed by atoms with van der Waals surface area (Å²) in [5, 5.41) is 11.9. The maximum absolute atomic E-state index is 13.2. The highest BCUT2D eigenvalue weighted by molar-refractivity contribution is 7.99. The van der Waals surface area contributed by atoms with Crippen molar-refractivity contribution in [1.82, 2.24) is 14.8 Å². The molecule has 0 bridgehead atoms. The topological polar surface area (TPSA) is 59.8 Å². The van der Waals surface area contributed by atoms with Crippen molar-refractivity contribution >= 4 is 35.0 Å². The first-order chi connectivity index (χ1) is 13.9. The molecule has 0 aliphatic carbocycles. The van der Waals surface area contributed by atoms with Crippen LogP contribution >= 0.6 is 23.4 Å². The minimum atomic E-state index is -0.524. The lowest BCUT2D eigenvalue weighted by Gasteiger charge is -2.09. The summed E-state index contributed by atoms with van der Waals surface area (Å²) < 4.78 is 15.2. The van der Waals surface area contributed by atoms with E-state index in [2.05, 4.69) is 41.5 Å². The summed E-state index contributed by atoms with van der Waals surface area (Å²) >= 11 is 7.04. The summed E-state index contributed by atoms with van der Waals surface area (Å²) in [6, 6.07) is 12.4. The average molecular weight is 433 g/mol. The molecule has 29 heavy (non-hydrogen) atoms. The van der Waals surface area contributed by atoms with Gasteiger partial charge in [-0.1, -0.05) is 61.5 Å². The van der Waals surface area contributed by atoms with Gasteiger partial charge in [0.15, 0.2) is 11.0 Å². The number of thioether (sulfide) groups is 1. The van der Waals surface area contributed by atoms with Gasteiger partial charge in [-0.15, -0.1) is 10.2 Å². The molecule has 0 aliphatic rings. The van der Waals surface area contributed by atoms with Crippen molar-refractivity contribution in [3.05, 3.63) is 58.9 Å². The van der Waals surface area contributed by atoms with Crippen LogP contribution in [0.2, 0.25) is 5.02 Å². The van der Waals surface area contributed by atoms with Gasteiger partial charge in [-0.2, -0.15) is 0 Å². The smallest absolute Gasteiger partial charge is 0.234 e. The number of benzene rings is 2. The van der Waals surface area contributed by atoms with Gasteiger partial charge >= 0.3 is 0 Å². The number of carbonyl (C=O) groups excluding carboxylic acids is 1. The highest BCUT2D eigenvalue weighted by atomic mass is 35.5. The van der Waals surface area contributed by atoms with Crippen molar-refractivity contribution in [2.24, 2.45) is 0 Å². The van der Waals surface area contributed by atoms with Crippen LogP contribution in [0.4, 0.5) is 10.1 Å². The minimum Gasteiger partial charge on any atom is -0.325 e. The number of halogens is 2. The first kappa shape index (κ1) is 21.3. The Kier molecular flexibility index (Phi) is 6.92. The molecular formula is C21H22ClFN4OS. The molecule has 0 unspecified atom stereocenters. The van der Waals surface area contributed by atoms with Gasteiger partial charge in [-0.25, -0.2) is 4.39 Å². The van der Waals surface area contributed by atoms with Crippen molar-refractivity contribution < 1.29 is 9.18 Å². The molecule has 0 saturated heterocycles. The van der Waals surface area contributed by atoms with Crippen LogP contribution in [0.1, 0.15) is 32.3 Å². The number of hydrogen-bond acceptors (Lipinski definition) is 4. The summed E-state index contributed by atoms with van der Waals surface area (Å²) in [6.45, 7) is 7.01. The lowest BCUT2D eigenvalue weighted by Crippen LogP contribution is -2.14. The monoisotopic (exact) mass is 432 g/mol. The fraction of sp³-hybridized carbons (Fsp3) is 0.286. The van der Waals surface area contributed by atoms with Crippen LogP contribution < -0.4 is 5.32 Å². The first-order valence-corrected chi connectivity index (χ1v) is 10.7. The van der Waals surface area contributed by atoms with E-state index in [1.807, 2.05) is 23.6 Å². The Bertz CT molecular complexity index is 1000. The van der Waals surface area contributed by atoms with Gasteiger partial charge in [0.05, 0.1) is 10.8 Å². The van der Waals surface area contributed by atoms with Crippen LogP contribution in [0.3, 0.4) is 0 Å². The number of amides is 1. The Labute approximate surface area is 178 Å². The van der Waals surface area contributed by atoms with E-state index < -0.39 is 5.82 Å². The molecule has 2 aromatic carbocycles. The number of hydrogen-bond donors (Lipinski definition) is 1. The lowest BCUT2D eigenvalue weighted by atomic mass is 10.0. The average Bonchev–Trinajstić information content (AvgIpc) is 3.12. The molecule has 1 aromatic heterocycles. The summed E-state index contributed by atoms with van der Waals surface area (Å²) in [7, 11) is 0. The zero-order valence-corrected chi connectivity index (χ0v) is 18.0. The van der Waals surface area contributed by atoms with Gasteiger partial charge < -0.3 is 9.88 Å². The maximum atomic E-state index is 13.2. The van der Waals surface area contributed by atoms with Crippen LogP contribution in [0.15, 0.2) is 47.6 Å². The molecule has 1 amide bonds. The molecule has 0 atom stereocenters. The molecule has 5 nitrogen and oxygen atoms in total. The Morgan fingerprint density at radius 2 is 1.93 bits per heavy atom. The molecule has 1 N–H and O–H groups in total. The molecule has 0 radical (unpaired) electrons. The van der Waals surface area contributed by atoms with E-state index in [0.29, 0.717) is 23.3 Å². The van der Waals surface area contributed by atoms with Crippen LogP contribution in [0.25, 0.3) is 11.4 Å². The van der Waals surface area contributed by atoms with E-state index in [0.717, 1.165) is 11.4 Å². The lowest BCUT2D eigenvalue weighted by molar-refractivity contribution is -0.113. The van der Waals surface area contributed by atoms with E-state index in [1.54, 1.807) is 0 Å². The Hall–Kier alpha value is -2.38. The van der Waals surface area contributed by atoms with Gasteiger partial charge in [0.25, 0.3) is 0 Å². The van der Waals surface area contributed by atoms with Crippen molar-refractivity contribution in [3.8, 4) is 11.4 Å². The molecule has 0 spiro atoms. The van der Waals surface area contributed by atoms with Crippen LogP contribution in [-0.2, 0) is 11.3 Å². The molecule has 0 saturated carbocycles. The second-order valence-corrected chi connectivity index (χ2v) is 8.14. The Morgan fingerprint density at radius 3 is 2.55 bits per heavy atom. The molecule has 1 heterocycles. The highest BCUT2D eigenvalue weighted by Gasteiger charge is 2.15. The fourth-order valence-electron chi connectivity index (χ4n) is 2.81. The molecule has 3 aromatic rings. The molecule has 152 valence electrons. The number of nitrogens with zero attached hydrogens (tertiary/aromatic N) is 3. The zero-order chi connectivity index (χ0) is 21.0. The van der Waals surface area contributed by atoms with Crippen LogP contribution in [-0.4, -0.2) is 26.4 Å².